The number of hydrogen-bond acceptors (Lipinski definition) is 3. The second-order valence-electron chi connectivity index (χ2n) is 4.15. The molecule has 0 bridgehead atoms. The molecule has 0 atom stereocenters. The lowest BCUT2D eigenvalue weighted by Crippen LogP contribution is -1.96. The van der Waals surface area contributed by atoms with Gasteiger partial charge < -0.3 is 4.74 Å². The molecule has 0 unspecified atom stereocenters. The molecule has 3 aromatic rings. The van der Waals surface area contributed by atoms with Gasteiger partial charge in [0.25, 0.3) is 0 Å². The summed E-state index contributed by atoms with van der Waals surface area (Å²) < 4.78 is 7.26. The fourth-order valence-electron chi connectivity index (χ4n) is 1.96. The summed E-state index contributed by atoms with van der Waals surface area (Å²) in [6.45, 7) is 2.06. The van der Waals surface area contributed by atoms with Crippen molar-refractivity contribution in [3.05, 3.63) is 48.0 Å². The summed E-state index contributed by atoms with van der Waals surface area (Å²) in [7, 11) is 1.65. The van der Waals surface area contributed by atoms with Crippen molar-refractivity contribution < 1.29 is 4.74 Å². The van der Waals surface area contributed by atoms with E-state index in [9.17, 15) is 0 Å². The maximum atomic E-state index is 5.35. The third kappa shape index (κ3) is 1.62. The van der Waals surface area contributed by atoms with E-state index in [1.54, 1.807) is 7.11 Å². The molecule has 0 N–H and O–H groups in total. The molecule has 2 aromatic heterocycles. The van der Waals surface area contributed by atoms with Crippen molar-refractivity contribution in [2.45, 2.75) is 6.92 Å². The van der Waals surface area contributed by atoms with Crippen LogP contribution in [0.25, 0.3) is 17.0 Å². The average Bonchev–Trinajstić information content (AvgIpc) is 2.83. The van der Waals surface area contributed by atoms with Crippen LogP contribution in [0.4, 0.5) is 0 Å². The maximum absolute atomic E-state index is 5.35. The lowest BCUT2D eigenvalue weighted by atomic mass is 10.1. The van der Waals surface area contributed by atoms with Crippen molar-refractivity contribution >= 4 is 5.65 Å². The first-order valence-corrected chi connectivity index (χ1v) is 5.75. The minimum atomic E-state index is 0.730. The Kier molecular flexibility index (Phi) is 2.48. The van der Waals surface area contributed by atoms with E-state index in [0.717, 1.165) is 22.9 Å². The average molecular weight is 239 g/mol. The Morgan fingerprint density at radius 1 is 1.00 bits per heavy atom. The van der Waals surface area contributed by atoms with Gasteiger partial charge in [-0.25, -0.2) is 4.40 Å². The SMILES string of the molecule is COc1cccc2nnc(-c3ccc(C)cc3)n12. The first-order chi connectivity index (χ1) is 8.79. The van der Waals surface area contributed by atoms with Gasteiger partial charge in [-0.1, -0.05) is 35.9 Å². The van der Waals surface area contributed by atoms with E-state index in [1.807, 2.05) is 34.7 Å². The smallest absolute Gasteiger partial charge is 0.200 e. The fraction of sp³-hybridized carbons (Fsp3) is 0.143. The molecule has 0 spiro atoms. The normalized spacial score (nSPS) is 10.8. The van der Waals surface area contributed by atoms with E-state index < -0.39 is 0 Å². The van der Waals surface area contributed by atoms with Crippen LogP contribution in [0.5, 0.6) is 5.88 Å². The van der Waals surface area contributed by atoms with Crippen molar-refractivity contribution in [3.63, 3.8) is 0 Å². The molecule has 0 aliphatic heterocycles. The molecule has 3 rings (SSSR count). The highest BCUT2D eigenvalue weighted by molar-refractivity contribution is 5.61. The second kappa shape index (κ2) is 4.14. The zero-order chi connectivity index (χ0) is 12.5. The zero-order valence-corrected chi connectivity index (χ0v) is 10.3. The molecule has 0 amide bonds. The summed E-state index contributed by atoms with van der Waals surface area (Å²) in [5, 5.41) is 8.40. The van der Waals surface area contributed by atoms with Crippen molar-refractivity contribution in [3.8, 4) is 17.3 Å². The lowest BCUT2D eigenvalue weighted by molar-refractivity contribution is 0.393. The largest absolute Gasteiger partial charge is 0.482 e. The number of aromatic nitrogens is 3. The molecule has 1 aromatic carbocycles. The summed E-state index contributed by atoms with van der Waals surface area (Å²) >= 11 is 0. The predicted molar refractivity (Wildman–Crippen MR) is 69.7 cm³/mol. The highest BCUT2D eigenvalue weighted by Crippen LogP contribution is 2.23. The number of methoxy groups -OCH3 is 1. The van der Waals surface area contributed by atoms with Gasteiger partial charge in [0.2, 0.25) is 5.88 Å². The second-order valence-corrected chi connectivity index (χ2v) is 4.15. The monoisotopic (exact) mass is 239 g/mol. The number of benzene rings is 1. The Hall–Kier alpha value is -2.36. The van der Waals surface area contributed by atoms with Gasteiger partial charge in [-0.05, 0) is 19.1 Å². The number of fused-ring (bicyclic) bond motifs is 1. The molecule has 90 valence electrons. The fourth-order valence-corrected chi connectivity index (χ4v) is 1.96. The molecule has 0 saturated carbocycles. The Morgan fingerprint density at radius 3 is 2.50 bits per heavy atom. The maximum Gasteiger partial charge on any atom is 0.200 e. The van der Waals surface area contributed by atoms with E-state index in [-0.39, 0.29) is 0 Å². The minimum Gasteiger partial charge on any atom is -0.482 e. The first-order valence-electron chi connectivity index (χ1n) is 5.75. The summed E-state index contributed by atoms with van der Waals surface area (Å²) in [5.74, 6) is 1.52. The Morgan fingerprint density at radius 2 is 1.78 bits per heavy atom. The Labute approximate surface area is 105 Å². The number of ether oxygens (including phenoxy) is 1. The number of hydrogen-bond donors (Lipinski definition) is 0. The van der Waals surface area contributed by atoms with Crippen LogP contribution in [0.3, 0.4) is 0 Å². The summed E-state index contributed by atoms with van der Waals surface area (Å²) in [6, 6.07) is 13.9. The van der Waals surface area contributed by atoms with Gasteiger partial charge in [0.15, 0.2) is 11.5 Å². The van der Waals surface area contributed by atoms with Crippen LogP contribution in [-0.2, 0) is 0 Å². The Bertz CT molecular complexity index is 686. The van der Waals surface area contributed by atoms with Crippen LogP contribution in [0.2, 0.25) is 0 Å². The van der Waals surface area contributed by atoms with Crippen LogP contribution in [0.15, 0.2) is 42.5 Å². The minimum absolute atomic E-state index is 0.730. The number of aryl methyl sites for hydroxylation is 1. The number of pyridine rings is 1. The van der Waals surface area contributed by atoms with Gasteiger partial charge >= 0.3 is 0 Å². The van der Waals surface area contributed by atoms with Gasteiger partial charge in [0, 0.05) is 5.56 Å². The van der Waals surface area contributed by atoms with Gasteiger partial charge in [-0.2, -0.15) is 0 Å². The van der Waals surface area contributed by atoms with Crippen LogP contribution in [-0.4, -0.2) is 21.7 Å². The number of rotatable bonds is 2. The first kappa shape index (κ1) is 10.8. The molecule has 0 saturated heterocycles. The lowest BCUT2D eigenvalue weighted by Gasteiger charge is -2.06. The highest BCUT2D eigenvalue weighted by atomic mass is 16.5. The van der Waals surface area contributed by atoms with Crippen molar-refractivity contribution in [2.75, 3.05) is 7.11 Å². The standard InChI is InChI=1S/C14H13N3O/c1-10-6-8-11(9-7-10)14-16-15-12-4-3-5-13(18-2)17(12)14/h3-9H,1-2H3. The summed E-state index contributed by atoms with van der Waals surface area (Å²) in [4.78, 5) is 0. The summed E-state index contributed by atoms with van der Waals surface area (Å²) in [5.41, 5.74) is 3.03. The van der Waals surface area contributed by atoms with E-state index in [4.69, 9.17) is 4.74 Å². The van der Waals surface area contributed by atoms with Crippen LogP contribution in [0.1, 0.15) is 5.56 Å². The number of nitrogens with zero attached hydrogens (tertiary/aromatic N) is 3. The zero-order valence-electron chi connectivity index (χ0n) is 10.3. The predicted octanol–water partition coefficient (Wildman–Crippen LogP) is 2.71. The van der Waals surface area contributed by atoms with E-state index in [2.05, 4.69) is 29.3 Å². The van der Waals surface area contributed by atoms with E-state index in [0.29, 0.717) is 0 Å². The van der Waals surface area contributed by atoms with Gasteiger partial charge in [0.1, 0.15) is 0 Å². The Balaban J connectivity index is 2.26. The summed E-state index contributed by atoms with van der Waals surface area (Å²) in [6.07, 6.45) is 0. The van der Waals surface area contributed by atoms with Crippen molar-refractivity contribution in [2.24, 2.45) is 0 Å². The molecule has 0 radical (unpaired) electrons. The molecular weight excluding hydrogens is 226 g/mol. The van der Waals surface area contributed by atoms with Crippen molar-refractivity contribution in [1.82, 2.24) is 14.6 Å². The van der Waals surface area contributed by atoms with Crippen molar-refractivity contribution in [1.29, 1.82) is 0 Å². The third-order valence-electron chi connectivity index (χ3n) is 2.91. The quantitative estimate of drug-likeness (QED) is 0.690. The molecule has 2 heterocycles. The topological polar surface area (TPSA) is 39.4 Å². The molecule has 0 aliphatic carbocycles. The van der Waals surface area contributed by atoms with Crippen LogP contribution < -0.4 is 4.74 Å². The van der Waals surface area contributed by atoms with E-state index in [1.165, 1.54) is 5.56 Å². The molecule has 0 aliphatic rings. The van der Waals surface area contributed by atoms with Crippen LogP contribution in [0, 0.1) is 6.92 Å². The molecule has 18 heavy (non-hydrogen) atoms. The molecule has 4 nitrogen and oxygen atoms in total. The van der Waals surface area contributed by atoms with Gasteiger partial charge in [-0.15, -0.1) is 10.2 Å². The van der Waals surface area contributed by atoms with Gasteiger partial charge in [0.05, 0.1) is 7.11 Å². The van der Waals surface area contributed by atoms with Gasteiger partial charge in [-0.3, -0.25) is 0 Å². The highest BCUT2D eigenvalue weighted by Gasteiger charge is 2.11. The molecular formula is C14H13N3O. The molecule has 4 heteroatoms. The molecule has 0 fully saturated rings. The third-order valence-corrected chi connectivity index (χ3v) is 2.91. The van der Waals surface area contributed by atoms with E-state index >= 15 is 0 Å². The van der Waals surface area contributed by atoms with Crippen LogP contribution >= 0.6 is 0 Å².